The minimum absolute atomic E-state index is 0.123. The van der Waals surface area contributed by atoms with Crippen LogP contribution in [-0.2, 0) is 0 Å². The van der Waals surface area contributed by atoms with E-state index in [1.165, 1.54) is 6.07 Å². The Kier molecular flexibility index (Phi) is 4.72. The number of pyridine rings is 1. The molecule has 0 aliphatic rings. The Morgan fingerprint density at radius 1 is 0.926 bits per heavy atom. The Morgan fingerprint density at radius 3 is 2.48 bits per heavy atom. The lowest BCUT2D eigenvalue weighted by molar-refractivity contribution is 0.186. The zero-order chi connectivity index (χ0) is 18.6. The minimum atomic E-state index is -0.996. The third kappa shape index (κ3) is 3.61. The fourth-order valence-corrected chi connectivity index (χ4v) is 2.89. The fourth-order valence-electron chi connectivity index (χ4n) is 2.89. The topological polar surface area (TPSA) is 70.9 Å². The molecule has 4 rings (SSSR count). The second kappa shape index (κ2) is 7.47. The van der Waals surface area contributed by atoms with E-state index in [2.05, 4.69) is 20.3 Å². The zero-order valence-corrected chi connectivity index (χ0v) is 14.4. The number of fused-ring (bicyclic) bond motifs is 1. The zero-order valence-electron chi connectivity index (χ0n) is 14.4. The van der Waals surface area contributed by atoms with Crippen molar-refractivity contribution in [2.75, 3.05) is 11.9 Å². The maximum absolute atomic E-state index is 13.9. The van der Waals surface area contributed by atoms with Gasteiger partial charge < -0.3 is 10.4 Å². The van der Waals surface area contributed by atoms with Crippen molar-refractivity contribution in [3.05, 3.63) is 84.4 Å². The van der Waals surface area contributed by atoms with Crippen LogP contribution >= 0.6 is 0 Å². The average molecular weight is 360 g/mol. The summed E-state index contributed by atoms with van der Waals surface area (Å²) < 4.78 is 13.9. The van der Waals surface area contributed by atoms with Crippen LogP contribution in [0, 0.1) is 5.82 Å². The lowest BCUT2D eigenvalue weighted by Gasteiger charge is -2.15. The molecule has 1 unspecified atom stereocenters. The highest BCUT2D eigenvalue weighted by Crippen LogP contribution is 2.25. The van der Waals surface area contributed by atoms with Crippen molar-refractivity contribution in [3.8, 4) is 11.4 Å². The van der Waals surface area contributed by atoms with Crippen LogP contribution in [0.4, 0.5) is 10.2 Å². The van der Waals surface area contributed by atoms with Gasteiger partial charge in [0.25, 0.3) is 0 Å². The first-order chi connectivity index (χ1) is 13.2. The van der Waals surface area contributed by atoms with Gasteiger partial charge in [-0.25, -0.2) is 14.4 Å². The van der Waals surface area contributed by atoms with E-state index in [0.717, 1.165) is 16.5 Å². The molecule has 0 aliphatic carbocycles. The highest BCUT2D eigenvalue weighted by atomic mass is 19.1. The maximum Gasteiger partial charge on any atom is 0.162 e. The summed E-state index contributed by atoms with van der Waals surface area (Å²) in [6.07, 6.45) is 2.37. The van der Waals surface area contributed by atoms with Crippen LogP contribution in [-0.4, -0.2) is 26.6 Å². The smallest absolute Gasteiger partial charge is 0.162 e. The molecule has 4 aromatic rings. The van der Waals surface area contributed by atoms with Crippen LogP contribution < -0.4 is 5.32 Å². The summed E-state index contributed by atoms with van der Waals surface area (Å²) in [6, 6.07) is 17.5. The van der Waals surface area contributed by atoms with Gasteiger partial charge in [-0.15, -0.1) is 0 Å². The Morgan fingerprint density at radius 2 is 1.67 bits per heavy atom. The number of nitrogens with zero attached hydrogens (tertiary/aromatic N) is 3. The Bertz CT molecular complexity index is 1070. The van der Waals surface area contributed by atoms with Gasteiger partial charge in [-0.05, 0) is 30.3 Å². The van der Waals surface area contributed by atoms with Gasteiger partial charge in [-0.1, -0.05) is 30.3 Å². The molecule has 0 spiro atoms. The highest BCUT2D eigenvalue weighted by Gasteiger charge is 2.14. The summed E-state index contributed by atoms with van der Waals surface area (Å²) in [5.74, 6) is 0.707. The minimum Gasteiger partial charge on any atom is -0.386 e. The van der Waals surface area contributed by atoms with Crippen molar-refractivity contribution < 1.29 is 9.50 Å². The standard InChI is InChI=1S/C21H17FN4O/c22-17-7-3-1-5-15(17)19(27)13-24-21-16-6-2-4-8-18(16)25-20(26-21)14-9-11-23-12-10-14/h1-12,19,27H,13H2,(H,24,25,26). The first-order valence-electron chi connectivity index (χ1n) is 8.56. The van der Waals surface area contributed by atoms with Crippen molar-refractivity contribution >= 4 is 16.7 Å². The molecule has 2 aromatic carbocycles. The second-order valence-corrected chi connectivity index (χ2v) is 6.07. The number of hydrogen-bond donors (Lipinski definition) is 2. The van der Waals surface area contributed by atoms with E-state index in [4.69, 9.17) is 0 Å². The number of aliphatic hydroxyl groups excluding tert-OH is 1. The number of hydrogen-bond acceptors (Lipinski definition) is 5. The molecule has 5 nitrogen and oxygen atoms in total. The van der Waals surface area contributed by atoms with Gasteiger partial charge in [0.05, 0.1) is 11.6 Å². The van der Waals surface area contributed by atoms with Gasteiger partial charge in [-0.3, -0.25) is 4.98 Å². The third-order valence-corrected chi connectivity index (χ3v) is 4.27. The van der Waals surface area contributed by atoms with Gasteiger partial charge in [0.2, 0.25) is 0 Å². The van der Waals surface area contributed by atoms with E-state index in [-0.39, 0.29) is 12.1 Å². The Balaban J connectivity index is 1.67. The van der Waals surface area contributed by atoms with Gasteiger partial charge in [-0.2, -0.15) is 0 Å². The number of aromatic nitrogens is 3. The maximum atomic E-state index is 13.9. The predicted molar refractivity (Wildman–Crippen MR) is 103 cm³/mol. The Hall–Kier alpha value is -3.38. The van der Waals surface area contributed by atoms with Gasteiger partial charge >= 0.3 is 0 Å². The summed E-state index contributed by atoms with van der Waals surface area (Å²) in [5, 5.41) is 14.3. The number of aliphatic hydroxyl groups is 1. The molecule has 0 aliphatic heterocycles. The molecule has 0 amide bonds. The number of nitrogens with one attached hydrogen (secondary N) is 1. The van der Waals surface area contributed by atoms with E-state index in [9.17, 15) is 9.50 Å². The SMILES string of the molecule is OC(CNc1nc(-c2ccncc2)nc2ccccc12)c1ccccc1F. The monoisotopic (exact) mass is 360 g/mol. The molecular formula is C21H17FN4O. The van der Waals surface area contributed by atoms with Crippen LogP contribution in [0.15, 0.2) is 73.1 Å². The van der Waals surface area contributed by atoms with Crippen LogP contribution in [0.3, 0.4) is 0 Å². The molecule has 134 valence electrons. The summed E-state index contributed by atoms with van der Waals surface area (Å²) in [5.41, 5.74) is 1.87. The molecule has 0 bridgehead atoms. The molecule has 0 saturated heterocycles. The quantitative estimate of drug-likeness (QED) is 0.563. The summed E-state index contributed by atoms with van der Waals surface area (Å²) in [4.78, 5) is 13.2. The number of anilines is 1. The number of halogens is 1. The van der Waals surface area contributed by atoms with Crippen molar-refractivity contribution in [2.24, 2.45) is 0 Å². The van der Waals surface area contributed by atoms with Crippen molar-refractivity contribution in [3.63, 3.8) is 0 Å². The molecule has 1 atom stereocenters. The lowest BCUT2D eigenvalue weighted by atomic mass is 10.1. The van der Waals surface area contributed by atoms with Gasteiger partial charge in [0, 0.05) is 35.5 Å². The Labute approximate surface area is 155 Å². The predicted octanol–water partition coefficient (Wildman–Crippen LogP) is 3.98. The summed E-state index contributed by atoms with van der Waals surface area (Å²) >= 11 is 0. The van der Waals surface area contributed by atoms with Crippen molar-refractivity contribution in [1.82, 2.24) is 15.0 Å². The van der Waals surface area contributed by atoms with Gasteiger partial charge in [0.1, 0.15) is 11.6 Å². The van der Waals surface area contributed by atoms with Crippen LogP contribution in [0.5, 0.6) is 0 Å². The molecule has 2 heterocycles. The number of rotatable bonds is 5. The van der Waals surface area contributed by atoms with Crippen LogP contribution in [0.25, 0.3) is 22.3 Å². The van der Waals surface area contributed by atoms with Gasteiger partial charge in [0.15, 0.2) is 5.82 Å². The molecule has 0 saturated carbocycles. The third-order valence-electron chi connectivity index (χ3n) is 4.27. The molecule has 27 heavy (non-hydrogen) atoms. The average Bonchev–Trinajstić information content (AvgIpc) is 2.72. The molecule has 0 fully saturated rings. The van der Waals surface area contributed by atoms with E-state index >= 15 is 0 Å². The first-order valence-corrected chi connectivity index (χ1v) is 8.56. The summed E-state index contributed by atoms with van der Waals surface area (Å²) in [6.45, 7) is 0.123. The number of benzene rings is 2. The normalized spacial score (nSPS) is 12.1. The van der Waals surface area contributed by atoms with Crippen LogP contribution in [0.1, 0.15) is 11.7 Å². The summed E-state index contributed by atoms with van der Waals surface area (Å²) in [7, 11) is 0. The highest BCUT2D eigenvalue weighted by molar-refractivity contribution is 5.90. The van der Waals surface area contributed by atoms with E-state index in [1.807, 2.05) is 36.4 Å². The molecular weight excluding hydrogens is 343 g/mol. The van der Waals surface area contributed by atoms with E-state index < -0.39 is 11.9 Å². The number of para-hydroxylation sites is 1. The van der Waals surface area contributed by atoms with E-state index in [0.29, 0.717) is 11.6 Å². The largest absolute Gasteiger partial charge is 0.386 e. The molecule has 6 heteroatoms. The molecule has 0 radical (unpaired) electrons. The lowest BCUT2D eigenvalue weighted by Crippen LogP contribution is -2.15. The van der Waals surface area contributed by atoms with E-state index in [1.54, 1.807) is 30.6 Å². The second-order valence-electron chi connectivity index (χ2n) is 6.07. The van der Waals surface area contributed by atoms with Crippen LogP contribution in [0.2, 0.25) is 0 Å². The first kappa shape index (κ1) is 17.1. The van der Waals surface area contributed by atoms with Crippen molar-refractivity contribution in [1.29, 1.82) is 0 Å². The van der Waals surface area contributed by atoms with Crippen molar-refractivity contribution in [2.45, 2.75) is 6.10 Å². The molecule has 2 N–H and O–H groups in total. The molecule has 2 aromatic heterocycles. The fraction of sp³-hybridized carbons (Fsp3) is 0.0952.